The van der Waals surface area contributed by atoms with Crippen LogP contribution in [0.1, 0.15) is 37.8 Å². The van der Waals surface area contributed by atoms with Crippen molar-refractivity contribution in [1.29, 1.82) is 0 Å². The number of aryl methyl sites for hydroxylation is 3. The molecule has 2 atom stereocenters. The van der Waals surface area contributed by atoms with Crippen LogP contribution in [0.15, 0.2) is 30.6 Å². The van der Waals surface area contributed by atoms with Gasteiger partial charge in [-0.3, -0.25) is 19.1 Å². The number of carbonyl (C=O) groups is 1. The van der Waals surface area contributed by atoms with E-state index in [1.807, 2.05) is 44.9 Å². The summed E-state index contributed by atoms with van der Waals surface area (Å²) in [7, 11) is 3.76. The van der Waals surface area contributed by atoms with Crippen LogP contribution in [0.2, 0.25) is 0 Å². The third kappa shape index (κ3) is 5.20. The number of nitrogens with zero attached hydrogens (tertiary/aromatic N) is 5. The summed E-state index contributed by atoms with van der Waals surface area (Å²) in [5.74, 6) is 0.703. The van der Waals surface area contributed by atoms with E-state index in [4.69, 9.17) is 0 Å². The number of aliphatic hydroxyl groups is 1. The van der Waals surface area contributed by atoms with E-state index in [-0.39, 0.29) is 18.5 Å². The predicted octanol–water partition coefficient (Wildman–Crippen LogP) is 1.90. The number of hydrogen-bond acceptors (Lipinski definition) is 6. The zero-order valence-corrected chi connectivity index (χ0v) is 20.2. The van der Waals surface area contributed by atoms with E-state index in [0.29, 0.717) is 12.5 Å². The molecule has 0 radical (unpaired) electrons. The molecule has 0 aliphatic carbocycles. The van der Waals surface area contributed by atoms with Crippen molar-refractivity contribution in [2.24, 2.45) is 14.1 Å². The molecule has 1 aromatic carbocycles. The van der Waals surface area contributed by atoms with Gasteiger partial charge >= 0.3 is 0 Å². The van der Waals surface area contributed by atoms with Crippen LogP contribution >= 0.6 is 0 Å². The lowest BCUT2D eigenvalue weighted by Gasteiger charge is -2.44. The molecule has 3 N–H and O–H groups in total. The number of carbonyl (C=O) groups excluding carboxylic acids is 1. The Labute approximate surface area is 194 Å². The molecule has 178 valence electrons. The number of rotatable bonds is 9. The average molecular weight is 454 g/mol. The molecule has 0 spiro atoms. The van der Waals surface area contributed by atoms with Gasteiger partial charge in [-0.1, -0.05) is 11.6 Å². The van der Waals surface area contributed by atoms with Gasteiger partial charge < -0.3 is 15.7 Å². The molecular weight excluding hydrogens is 418 g/mol. The number of anilines is 1. The van der Waals surface area contributed by atoms with Crippen LogP contribution < -0.4 is 10.6 Å². The van der Waals surface area contributed by atoms with Crippen molar-refractivity contribution in [1.82, 2.24) is 29.8 Å². The van der Waals surface area contributed by atoms with Crippen molar-refractivity contribution >= 4 is 22.6 Å². The van der Waals surface area contributed by atoms with Gasteiger partial charge in [0.05, 0.1) is 29.9 Å². The van der Waals surface area contributed by atoms with Gasteiger partial charge in [-0.15, -0.1) is 0 Å². The summed E-state index contributed by atoms with van der Waals surface area (Å²) in [5, 5.41) is 26.8. The highest BCUT2D eigenvalue weighted by molar-refractivity contribution is 5.92. The normalized spacial score (nSPS) is 17.5. The Hall–Kier alpha value is -2.91. The first-order chi connectivity index (χ1) is 15.6. The number of hydrogen-bond donors (Lipinski definition) is 3. The van der Waals surface area contributed by atoms with E-state index in [1.54, 1.807) is 10.9 Å². The molecule has 3 aromatic rings. The van der Waals surface area contributed by atoms with Gasteiger partial charge in [0, 0.05) is 50.4 Å². The lowest BCUT2D eigenvalue weighted by atomic mass is 9.91. The van der Waals surface area contributed by atoms with E-state index < -0.39 is 5.60 Å². The predicted molar refractivity (Wildman–Crippen MR) is 129 cm³/mol. The first-order valence-corrected chi connectivity index (χ1v) is 11.5. The first-order valence-electron chi connectivity index (χ1n) is 11.5. The molecule has 0 unspecified atom stereocenters. The maximum Gasteiger partial charge on any atom is 0.239 e. The smallest absolute Gasteiger partial charge is 0.239 e. The van der Waals surface area contributed by atoms with Crippen LogP contribution in [0.25, 0.3) is 10.9 Å². The second-order valence-corrected chi connectivity index (χ2v) is 9.63. The number of fused-ring (bicyclic) bond motifs is 1. The molecule has 9 heteroatoms. The van der Waals surface area contributed by atoms with Crippen molar-refractivity contribution in [3.05, 3.63) is 41.7 Å². The summed E-state index contributed by atoms with van der Waals surface area (Å²) < 4.78 is 3.54. The molecule has 4 rings (SSSR count). The highest BCUT2D eigenvalue weighted by atomic mass is 16.3. The van der Waals surface area contributed by atoms with Crippen LogP contribution in [-0.4, -0.2) is 67.2 Å². The molecule has 33 heavy (non-hydrogen) atoms. The van der Waals surface area contributed by atoms with E-state index >= 15 is 0 Å². The summed E-state index contributed by atoms with van der Waals surface area (Å²) in [5.41, 5.74) is 2.15. The van der Waals surface area contributed by atoms with Crippen molar-refractivity contribution in [2.75, 3.05) is 25.0 Å². The highest BCUT2D eigenvalue weighted by Gasteiger charge is 2.33. The number of amides is 1. The second-order valence-electron chi connectivity index (χ2n) is 9.63. The Kier molecular flexibility index (Phi) is 6.45. The minimum atomic E-state index is -0.888. The van der Waals surface area contributed by atoms with Gasteiger partial charge in [-0.05, 0) is 45.7 Å². The van der Waals surface area contributed by atoms with Crippen molar-refractivity contribution in [3.63, 3.8) is 0 Å². The van der Waals surface area contributed by atoms with Gasteiger partial charge in [0.25, 0.3) is 0 Å². The zero-order valence-electron chi connectivity index (χ0n) is 20.2. The standard InChI is InChI=1S/C24H35N7O2/c1-16-6-7-21-20(10-16)23(28-30(21)5)25-12-22(32)27-19-14-31(15-19)17(2)8-9-24(3,33)18-11-26-29(4)13-18/h6-7,10-11,13,17,19,33H,8-9,12,14-15H2,1-5H3,(H,25,28)(H,27,32)/t17-,24-/m0/s1. The maximum absolute atomic E-state index is 12.5. The fourth-order valence-corrected chi connectivity index (χ4v) is 4.43. The van der Waals surface area contributed by atoms with Crippen LogP contribution in [0.4, 0.5) is 5.82 Å². The monoisotopic (exact) mass is 453 g/mol. The third-order valence-corrected chi connectivity index (χ3v) is 6.70. The SMILES string of the molecule is Cc1ccc2c(c1)c(NCC(=O)NC1CN([C@@H](C)CC[C@](C)(O)c3cnn(C)c3)C1)nn2C. The molecule has 1 aliphatic rings. The van der Waals surface area contributed by atoms with Gasteiger partial charge in [-0.2, -0.15) is 10.2 Å². The summed E-state index contributed by atoms with van der Waals surface area (Å²) in [4.78, 5) is 14.8. The van der Waals surface area contributed by atoms with Crippen LogP contribution in [0.3, 0.4) is 0 Å². The number of nitrogens with one attached hydrogen (secondary N) is 2. The van der Waals surface area contributed by atoms with Gasteiger partial charge in [0.15, 0.2) is 5.82 Å². The number of likely N-dealkylation sites (tertiary alicyclic amines) is 1. The Bertz CT molecular complexity index is 1130. The number of aromatic nitrogens is 4. The summed E-state index contributed by atoms with van der Waals surface area (Å²) in [6.45, 7) is 7.91. The Morgan fingerprint density at radius 1 is 1.33 bits per heavy atom. The second kappa shape index (κ2) is 9.15. The van der Waals surface area contributed by atoms with Crippen LogP contribution in [0.5, 0.6) is 0 Å². The Morgan fingerprint density at radius 2 is 2.09 bits per heavy atom. The lowest BCUT2D eigenvalue weighted by molar-refractivity contribution is -0.121. The fourth-order valence-electron chi connectivity index (χ4n) is 4.43. The van der Waals surface area contributed by atoms with Crippen molar-refractivity contribution < 1.29 is 9.90 Å². The Balaban J connectivity index is 1.20. The average Bonchev–Trinajstić information content (AvgIpc) is 3.31. The molecule has 0 saturated carbocycles. The van der Waals surface area contributed by atoms with E-state index in [2.05, 4.69) is 44.8 Å². The van der Waals surface area contributed by atoms with Crippen LogP contribution in [-0.2, 0) is 24.5 Å². The molecule has 9 nitrogen and oxygen atoms in total. The van der Waals surface area contributed by atoms with Gasteiger partial charge in [-0.25, -0.2) is 0 Å². The van der Waals surface area contributed by atoms with Crippen LogP contribution in [0, 0.1) is 6.92 Å². The molecule has 1 saturated heterocycles. The molecule has 1 fully saturated rings. The third-order valence-electron chi connectivity index (χ3n) is 6.70. The van der Waals surface area contributed by atoms with E-state index in [9.17, 15) is 9.90 Å². The topological polar surface area (TPSA) is 100 Å². The zero-order chi connectivity index (χ0) is 23.8. The van der Waals surface area contributed by atoms with Gasteiger partial charge in [0.1, 0.15) is 0 Å². The minimum Gasteiger partial charge on any atom is -0.385 e. The molecular formula is C24H35N7O2. The summed E-state index contributed by atoms with van der Waals surface area (Å²) >= 11 is 0. The molecule has 1 aliphatic heterocycles. The minimum absolute atomic E-state index is 0.0294. The summed E-state index contributed by atoms with van der Waals surface area (Å²) in [6.07, 6.45) is 5.12. The lowest BCUT2D eigenvalue weighted by Crippen LogP contribution is -2.62. The fraction of sp³-hybridized carbons (Fsp3) is 0.542. The molecule has 1 amide bonds. The Morgan fingerprint density at radius 3 is 2.79 bits per heavy atom. The van der Waals surface area contributed by atoms with Crippen molar-refractivity contribution in [3.8, 4) is 0 Å². The first kappa shape index (κ1) is 23.3. The molecule has 0 bridgehead atoms. The van der Waals surface area contributed by atoms with Crippen molar-refractivity contribution in [2.45, 2.75) is 51.3 Å². The highest BCUT2D eigenvalue weighted by Crippen LogP contribution is 2.28. The number of benzene rings is 1. The molecule has 3 heterocycles. The molecule has 2 aromatic heterocycles. The maximum atomic E-state index is 12.5. The largest absolute Gasteiger partial charge is 0.385 e. The van der Waals surface area contributed by atoms with E-state index in [1.165, 1.54) is 0 Å². The van der Waals surface area contributed by atoms with Gasteiger partial charge in [0.2, 0.25) is 5.91 Å². The quantitative estimate of drug-likeness (QED) is 0.458. The summed E-state index contributed by atoms with van der Waals surface area (Å²) in [6, 6.07) is 6.68. The van der Waals surface area contributed by atoms with E-state index in [0.717, 1.165) is 47.4 Å².